The molecule has 2 aromatic rings. The van der Waals surface area contributed by atoms with Crippen molar-refractivity contribution in [2.75, 3.05) is 11.9 Å². The molecule has 3 rings (SSSR count). The van der Waals surface area contributed by atoms with E-state index in [9.17, 15) is 14.4 Å². The first-order valence-corrected chi connectivity index (χ1v) is 11.8. The van der Waals surface area contributed by atoms with Crippen molar-refractivity contribution >= 4 is 23.7 Å². The Morgan fingerprint density at radius 3 is 2.40 bits per heavy atom. The van der Waals surface area contributed by atoms with Gasteiger partial charge in [0.15, 0.2) is 6.23 Å². The van der Waals surface area contributed by atoms with Gasteiger partial charge in [-0.05, 0) is 45.4 Å². The number of alkyl carbamates (subject to hydrolysis) is 1. The predicted molar refractivity (Wildman–Crippen MR) is 134 cm³/mol. The number of anilines is 1. The van der Waals surface area contributed by atoms with Crippen LogP contribution in [0.5, 0.6) is 0 Å². The van der Waals surface area contributed by atoms with Gasteiger partial charge in [-0.15, -0.1) is 0 Å². The van der Waals surface area contributed by atoms with Crippen LogP contribution >= 0.6 is 0 Å². The SMILES string of the molecule is CN[C@@H](C)C(=O)N[C@H](C(=O)N1c2ncccc2C[C@@H]1OC(=O)NC(C)(C)c1ccccc1)C(C)C. The molecule has 0 spiro atoms. The largest absolute Gasteiger partial charge is 0.425 e. The number of carbonyl (C=O) groups is 3. The molecule has 2 heterocycles. The van der Waals surface area contributed by atoms with Crippen LogP contribution in [0.4, 0.5) is 10.6 Å². The zero-order chi connectivity index (χ0) is 25.8. The topological polar surface area (TPSA) is 113 Å². The van der Waals surface area contributed by atoms with Crippen molar-refractivity contribution in [2.45, 2.75) is 64.9 Å². The van der Waals surface area contributed by atoms with E-state index in [1.807, 2.05) is 64.1 Å². The number of aromatic nitrogens is 1. The number of benzene rings is 1. The van der Waals surface area contributed by atoms with Crippen LogP contribution in [0.3, 0.4) is 0 Å². The van der Waals surface area contributed by atoms with Gasteiger partial charge in [-0.1, -0.05) is 50.2 Å². The smallest absolute Gasteiger partial charge is 0.409 e. The molecule has 0 fully saturated rings. The van der Waals surface area contributed by atoms with Crippen molar-refractivity contribution in [3.05, 3.63) is 59.8 Å². The molecule has 0 bridgehead atoms. The molecule has 9 nitrogen and oxygen atoms in total. The Hall–Kier alpha value is -3.46. The molecule has 3 N–H and O–H groups in total. The molecule has 0 unspecified atom stereocenters. The number of amides is 3. The third-order valence-corrected chi connectivity index (χ3v) is 6.23. The van der Waals surface area contributed by atoms with E-state index in [1.54, 1.807) is 26.2 Å². The molecular weight excluding hydrogens is 446 g/mol. The standard InChI is InChI=1S/C26H35N5O4/c1-16(2)21(29-23(32)17(3)27-6)24(33)31-20(15-18-11-10-14-28-22(18)31)35-25(34)30-26(4,5)19-12-8-7-9-13-19/h7-14,16-17,20-21,27H,15H2,1-6H3,(H,29,32)(H,30,34)/t17-,20-,21-/m0/s1. The Morgan fingerprint density at radius 2 is 1.77 bits per heavy atom. The van der Waals surface area contributed by atoms with E-state index in [-0.39, 0.29) is 17.7 Å². The summed E-state index contributed by atoms with van der Waals surface area (Å²) >= 11 is 0. The van der Waals surface area contributed by atoms with Crippen LogP contribution in [0.15, 0.2) is 48.7 Å². The van der Waals surface area contributed by atoms with Gasteiger partial charge in [0.1, 0.15) is 11.9 Å². The molecule has 188 valence electrons. The highest BCUT2D eigenvalue weighted by Gasteiger charge is 2.42. The summed E-state index contributed by atoms with van der Waals surface area (Å²) in [6.07, 6.45) is 0.355. The Kier molecular flexibility index (Phi) is 8.11. The van der Waals surface area contributed by atoms with E-state index in [0.29, 0.717) is 12.2 Å². The highest BCUT2D eigenvalue weighted by atomic mass is 16.6. The monoisotopic (exact) mass is 481 g/mol. The zero-order valence-corrected chi connectivity index (χ0v) is 21.2. The molecule has 1 aromatic heterocycles. The summed E-state index contributed by atoms with van der Waals surface area (Å²) in [5, 5.41) is 8.60. The first-order valence-electron chi connectivity index (χ1n) is 11.8. The molecule has 0 radical (unpaired) electrons. The quantitative estimate of drug-likeness (QED) is 0.534. The second-order valence-electron chi connectivity index (χ2n) is 9.62. The van der Waals surface area contributed by atoms with E-state index in [2.05, 4.69) is 20.9 Å². The van der Waals surface area contributed by atoms with Gasteiger partial charge >= 0.3 is 6.09 Å². The van der Waals surface area contributed by atoms with Crippen molar-refractivity contribution in [1.82, 2.24) is 20.9 Å². The maximum Gasteiger partial charge on any atom is 0.409 e. The van der Waals surface area contributed by atoms with E-state index in [4.69, 9.17) is 4.74 Å². The molecule has 35 heavy (non-hydrogen) atoms. The van der Waals surface area contributed by atoms with E-state index < -0.39 is 29.9 Å². The van der Waals surface area contributed by atoms with Gasteiger partial charge < -0.3 is 20.7 Å². The van der Waals surface area contributed by atoms with Gasteiger partial charge in [0.2, 0.25) is 5.91 Å². The fourth-order valence-electron chi connectivity index (χ4n) is 3.97. The Bertz CT molecular complexity index is 1060. The van der Waals surface area contributed by atoms with Crippen molar-refractivity contribution in [3.63, 3.8) is 0 Å². The van der Waals surface area contributed by atoms with Crippen LogP contribution < -0.4 is 20.9 Å². The van der Waals surface area contributed by atoms with Crippen molar-refractivity contribution in [3.8, 4) is 0 Å². The summed E-state index contributed by atoms with van der Waals surface area (Å²) in [5.41, 5.74) is 1.02. The van der Waals surface area contributed by atoms with Crippen molar-refractivity contribution < 1.29 is 19.1 Å². The van der Waals surface area contributed by atoms with Crippen LogP contribution in [0.1, 0.15) is 45.7 Å². The highest BCUT2D eigenvalue weighted by molar-refractivity contribution is 6.01. The second-order valence-corrected chi connectivity index (χ2v) is 9.62. The number of nitrogens with one attached hydrogen (secondary N) is 3. The number of pyridine rings is 1. The summed E-state index contributed by atoms with van der Waals surface area (Å²) in [4.78, 5) is 45.0. The first kappa shape index (κ1) is 26.2. The average Bonchev–Trinajstić information content (AvgIpc) is 3.18. The van der Waals surface area contributed by atoms with Crippen LogP contribution in [-0.2, 0) is 26.3 Å². The maximum atomic E-state index is 13.7. The normalized spacial score (nSPS) is 16.9. The first-order chi connectivity index (χ1) is 16.5. The lowest BCUT2D eigenvalue weighted by Crippen LogP contribution is -2.57. The minimum atomic E-state index is -0.890. The highest BCUT2D eigenvalue weighted by Crippen LogP contribution is 2.32. The van der Waals surface area contributed by atoms with Crippen LogP contribution in [0.2, 0.25) is 0 Å². The maximum absolute atomic E-state index is 13.7. The summed E-state index contributed by atoms with van der Waals surface area (Å²) in [5.74, 6) is -0.442. The Balaban J connectivity index is 1.83. The predicted octanol–water partition coefficient (Wildman–Crippen LogP) is 2.71. The molecule has 9 heteroatoms. The molecule has 3 atom stereocenters. The van der Waals surface area contributed by atoms with Gasteiger partial charge in [-0.2, -0.15) is 0 Å². The van der Waals surface area contributed by atoms with Gasteiger partial charge in [0, 0.05) is 18.2 Å². The fraction of sp³-hybridized carbons (Fsp3) is 0.462. The number of carbonyl (C=O) groups excluding carboxylic acids is 3. The van der Waals surface area contributed by atoms with E-state index >= 15 is 0 Å². The van der Waals surface area contributed by atoms with Crippen LogP contribution in [-0.4, -0.2) is 48.3 Å². The lowest BCUT2D eigenvalue weighted by Gasteiger charge is -2.32. The average molecular weight is 482 g/mol. The number of fused-ring (bicyclic) bond motifs is 1. The molecule has 1 aliphatic rings. The molecular formula is C26H35N5O4. The Labute approximate surface area is 206 Å². The number of hydrogen-bond acceptors (Lipinski definition) is 6. The fourth-order valence-corrected chi connectivity index (χ4v) is 3.97. The molecule has 1 aliphatic heterocycles. The molecule has 1 aromatic carbocycles. The summed E-state index contributed by atoms with van der Waals surface area (Å²) in [7, 11) is 1.68. The number of nitrogens with zero attached hydrogens (tertiary/aromatic N) is 2. The Morgan fingerprint density at radius 1 is 1.09 bits per heavy atom. The number of likely N-dealkylation sites (N-methyl/N-ethyl adjacent to an activating group) is 1. The zero-order valence-electron chi connectivity index (χ0n) is 21.2. The minimum Gasteiger partial charge on any atom is -0.425 e. The third-order valence-electron chi connectivity index (χ3n) is 6.23. The van der Waals surface area contributed by atoms with E-state index in [1.165, 1.54) is 4.90 Å². The number of rotatable bonds is 8. The third kappa shape index (κ3) is 5.97. The number of hydrogen-bond donors (Lipinski definition) is 3. The van der Waals surface area contributed by atoms with Gasteiger partial charge in [0.05, 0.1) is 11.6 Å². The molecule has 3 amide bonds. The van der Waals surface area contributed by atoms with E-state index in [0.717, 1.165) is 11.1 Å². The summed E-state index contributed by atoms with van der Waals surface area (Å²) in [6.45, 7) is 9.19. The van der Waals surface area contributed by atoms with Gasteiger partial charge in [0.25, 0.3) is 5.91 Å². The van der Waals surface area contributed by atoms with Crippen LogP contribution in [0, 0.1) is 5.92 Å². The lowest BCUT2D eigenvalue weighted by atomic mass is 9.95. The molecule has 0 saturated heterocycles. The van der Waals surface area contributed by atoms with Crippen LogP contribution in [0.25, 0.3) is 0 Å². The van der Waals surface area contributed by atoms with Crippen molar-refractivity contribution in [1.29, 1.82) is 0 Å². The summed E-state index contributed by atoms with van der Waals surface area (Å²) in [6, 6.07) is 11.9. The second kappa shape index (κ2) is 10.9. The molecule has 0 aliphatic carbocycles. The lowest BCUT2D eigenvalue weighted by molar-refractivity contribution is -0.130. The summed E-state index contributed by atoms with van der Waals surface area (Å²) < 4.78 is 5.78. The minimum absolute atomic E-state index is 0.199. The molecule has 0 saturated carbocycles. The number of ether oxygens (including phenoxy) is 1. The van der Waals surface area contributed by atoms with Crippen molar-refractivity contribution in [2.24, 2.45) is 5.92 Å². The van der Waals surface area contributed by atoms with Gasteiger partial charge in [-0.25, -0.2) is 9.78 Å². The van der Waals surface area contributed by atoms with Gasteiger partial charge in [-0.3, -0.25) is 14.5 Å².